The average molecular weight is 696 g/mol. The lowest BCUT2D eigenvalue weighted by atomic mass is 9.83. The van der Waals surface area contributed by atoms with Crippen molar-refractivity contribution in [1.29, 1.82) is 0 Å². The van der Waals surface area contributed by atoms with Crippen LogP contribution in [0.15, 0.2) is 60.7 Å². The number of amides is 4. The third-order valence-electron chi connectivity index (χ3n) is 10.4. The smallest absolute Gasteiger partial charge is 0.410 e. The van der Waals surface area contributed by atoms with Gasteiger partial charge in [0.1, 0.15) is 18.7 Å². The number of hydrogen-bond donors (Lipinski definition) is 2. The lowest BCUT2D eigenvalue weighted by molar-refractivity contribution is -0.141. The van der Waals surface area contributed by atoms with Crippen LogP contribution < -0.4 is 10.6 Å². The van der Waals surface area contributed by atoms with Gasteiger partial charge >= 0.3 is 6.09 Å². The Kier molecular flexibility index (Phi) is 11.6. The molecule has 2 aromatic rings. The Hall–Kier alpha value is -3.97. The maximum Gasteiger partial charge on any atom is 0.410 e. The molecule has 13 heteroatoms. The van der Waals surface area contributed by atoms with Crippen molar-refractivity contribution in [3.63, 3.8) is 0 Å². The Balaban J connectivity index is 1.33. The molecule has 6 atom stereocenters. The van der Waals surface area contributed by atoms with E-state index in [1.807, 2.05) is 67.6 Å². The summed E-state index contributed by atoms with van der Waals surface area (Å²) in [7, 11) is -2.18. The second-order valence-electron chi connectivity index (χ2n) is 13.7. The van der Waals surface area contributed by atoms with Crippen molar-refractivity contribution in [2.24, 2.45) is 11.8 Å². The standard InChI is InChI=1S/C36H49N5O7S/c1-24(27-16-10-6-11-17-27)37-34(43)29-22-41(49(4,46)47)30-20-21-40(32(29)30)35(44)31(28-18-12-7-13-19-28)38-33(42)25(2)39(3)36(45)48-23-26-14-8-5-9-15-26/h5-6,8-11,14-17,24-25,28-32H,7,12-13,18-23H2,1-4H3,(H,37,43)(H,38,42). The third-order valence-corrected chi connectivity index (χ3v) is 11.7. The van der Waals surface area contributed by atoms with Crippen LogP contribution in [0.3, 0.4) is 0 Å². The molecule has 266 valence electrons. The van der Waals surface area contributed by atoms with Crippen LogP contribution in [0.4, 0.5) is 4.79 Å². The van der Waals surface area contributed by atoms with E-state index in [0.29, 0.717) is 6.42 Å². The maximum absolute atomic E-state index is 14.6. The molecule has 49 heavy (non-hydrogen) atoms. The Bertz CT molecular complexity index is 1590. The molecule has 12 nitrogen and oxygen atoms in total. The van der Waals surface area contributed by atoms with Gasteiger partial charge in [-0.2, -0.15) is 4.31 Å². The molecule has 2 aromatic carbocycles. The molecule has 5 rings (SSSR count). The van der Waals surface area contributed by atoms with E-state index in [1.54, 1.807) is 11.8 Å². The van der Waals surface area contributed by atoms with Crippen LogP contribution >= 0.6 is 0 Å². The van der Waals surface area contributed by atoms with Gasteiger partial charge < -0.3 is 20.3 Å². The summed E-state index contributed by atoms with van der Waals surface area (Å²) in [6.45, 7) is 3.75. The molecule has 2 heterocycles. The van der Waals surface area contributed by atoms with Crippen LogP contribution in [-0.2, 0) is 35.8 Å². The molecule has 4 amide bonds. The molecule has 0 spiro atoms. The van der Waals surface area contributed by atoms with Gasteiger partial charge in [-0.25, -0.2) is 13.2 Å². The van der Waals surface area contributed by atoms with E-state index >= 15 is 0 Å². The number of nitrogens with one attached hydrogen (secondary N) is 2. The van der Waals surface area contributed by atoms with Crippen molar-refractivity contribution in [2.75, 3.05) is 26.4 Å². The van der Waals surface area contributed by atoms with Crippen molar-refractivity contribution >= 4 is 33.8 Å². The second kappa shape index (κ2) is 15.7. The highest BCUT2D eigenvalue weighted by Gasteiger charge is 2.56. The summed E-state index contributed by atoms with van der Waals surface area (Å²) < 4.78 is 32.6. The fourth-order valence-electron chi connectivity index (χ4n) is 7.51. The Labute approximate surface area is 289 Å². The van der Waals surface area contributed by atoms with Gasteiger partial charge in [0.05, 0.1) is 24.3 Å². The van der Waals surface area contributed by atoms with E-state index in [9.17, 15) is 27.6 Å². The quantitative estimate of drug-likeness (QED) is 0.367. The summed E-state index contributed by atoms with van der Waals surface area (Å²) in [5, 5.41) is 6.03. The molecule has 2 aliphatic heterocycles. The van der Waals surface area contributed by atoms with E-state index < -0.39 is 52.1 Å². The van der Waals surface area contributed by atoms with Gasteiger partial charge in [-0.3, -0.25) is 19.3 Å². The minimum atomic E-state index is -3.67. The second-order valence-corrected chi connectivity index (χ2v) is 15.6. The average Bonchev–Trinajstić information content (AvgIpc) is 3.71. The molecule has 1 saturated carbocycles. The Morgan fingerprint density at radius 3 is 2.18 bits per heavy atom. The molecule has 3 fully saturated rings. The molecular formula is C36H49N5O7S. The maximum atomic E-state index is 14.6. The SMILES string of the molecule is CC(NC(=O)C1CN(S(C)(=O)=O)C2CCN(C(=O)C(NC(=O)C(C)N(C)C(=O)OCc3ccccc3)C3CCCCC3)C12)c1ccccc1. The topological polar surface area (TPSA) is 145 Å². The van der Waals surface area contributed by atoms with E-state index in [4.69, 9.17) is 4.74 Å². The third kappa shape index (κ3) is 8.43. The highest BCUT2D eigenvalue weighted by Crippen LogP contribution is 2.39. The highest BCUT2D eigenvalue weighted by atomic mass is 32.2. The summed E-state index contributed by atoms with van der Waals surface area (Å²) >= 11 is 0. The van der Waals surface area contributed by atoms with Crippen molar-refractivity contribution < 1.29 is 32.3 Å². The minimum Gasteiger partial charge on any atom is -0.445 e. The fraction of sp³-hybridized carbons (Fsp3) is 0.556. The first-order valence-electron chi connectivity index (χ1n) is 17.2. The van der Waals surface area contributed by atoms with Crippen molar-refractivity contribution in [3.05, 3.63) is 71.8 Å². The number of likely N-dealkylation sites (N-methyl/N-ethyl adjacent to an activating group) is 1. The monoisotopic (exact) mass is 695 g/mol. The first kappa shape index (κ1) is 36.3. The summed E-state index contributed by atoms with van der Waals surface area (Å²) in [6.07, 6.45) is 5.22. The number of benzene rings is 2. The Morgan fingerprint density at radius 1 is 0.918 bits per heavy atom. The van der Waals surface area contributed by atoms with Crippen molar-refractivity contribution in [3.8, 4) is 0 Å². The van der Waals surface area contributed by atoms with Gasteiger partial charge in [0.15, 0.2) is 0 Å². The van der Waals surface area contributed by atoms with E-state index in [0.717, 1.165) is 49.5 Å². The predicted octanol–water partition coefficient (Wildman–Crippen LogP) is 3.45. The number of nitrogens with zero attached hydrogens (tertiary/aromatic N) is 3. The molecule has 3 aliphatic rings. The predicted molar refractivity (Wildman–Crippen MR) is 184 cm³/mol. The number of rotatable bonds is 11. The van der Waals surface area contributed by atoms with Crippen LogP contribution in [0.25, 0.3) is 0 Å². The molecular weight excluding hydrogens is 646 g/mol. The van der Waals surface area contributed by atoms with Gasteiger partial charge in [0, 0.05) is 26.2 Å². The molecule has 0 radical (unpaired) electrons. The van der Waals surface area contributed by atoms with Gasteiger partial charge in [0.25, 0.3) is 0 Å². The number of sulfonamides is 1. The van der Waals surface area contributed by atoms with E-state index in [-0.39, 0.29) is 43.5 Å². The van der Waals surface area contributed by atoms with Crippen molar-refractivity contribution in [2.45, 2.75) is 89.2 Å². The molecule has 0 aromatic heterocycles. The molecule has 1 aliphatic carbocycles. The molecule has 0 bridgehead atoms. The van der Waals surface area contributed by atoms with E-state index in [1.165, 1.54) is 16.3 Å². The van der Waals surface area contributed by atoms with Gasteiger partial charge in [-0.05, 0) is 50.2 Å². The number of carbonyl (C=O) groups excluding carboxylic acids is 4. The molecule has 6 unspecified atom stereocenters. The van der Waals surface area contributed by atoms with Crippen LogP contribution in [0, 0.1) is 11.8 Å². The lowest BCUT2D eigenvalue weighted by Gasteiger charge is -2.37. The Morgan fingerprint density at radius 2 is 1.55 bits per heavy atom. The van der Waals surface area contributed by atoms with E-state index in [2.05, 4.69) is 10.6 Å². The number of fused-ring (bicyclic) bond motifs is 1. The lowest BCUT2D eigenvalue weighted by Crippen LogP contribution is -2.59. The summed E-state index contributed by atoms with van der Waals surface area (Å²) in [6, 6.07) is 15.4. The summed E-state index contributed by atoms with van der Waals surface area (Å²) in [4.78, 5) is 57.8. The minimum absolute atomic E-state index is 0.0291. The first-order valence-corrected chi connectivity index (χ1v) is 19.1. The normalized spacial score (nSPS) is 23.2. The number of carbonyl (C=O) groups is 4. The summed E-state index contributed by atoms with van der Waals surface area (Å²) in [5.41, 5.74) is 1.73. The van der Waals surface area contributed by atoms with Gasteiger partial charge in [-0.1, -0.05) is 79.9 Å². The van der Waals surface area contributed by atoms with Crippen LogP contribution in [0.2, 0.25) is 0 Å². The largest absolute Gasteiger partial charge is 0.445 e. The number of ether oxygens (including phenoxy) is 1. The summed E-state index contributed by atoms with van der Waals surface area (Å²) in [5.74, 6) is -2.05. The molecule has 2 N–H and O–H groups in total. The van der Waals surface area contributed by atoms with Gasteiger partial charge in [-0.15, -0.1) is 0 Å². The van der Waals surface area contributed by atoms with Crippen LogP contribution in [-0.4, -0.2) is 96.9 Å². The number of likely N-dealkylation sites (tertiary alicyclic amines) is 1. The zero-order valence-electron chi connectivity index (χ0n) is 28.8. The van der Waals surface area contributed by atoms with Gasteiger partial charge in [0.2, 0.25) is 27.7 Å². The highest BCUT2D eigenvalue weighted by molar-refractivity contribution is 7.88. The van der Waals surface area contributed by atoms with Crippen LogP contribution in [0.5, 0.6) is 0 Å². The van der Waals surface area contributed by atoms with Crippen LogP contribution in [0.1, 0.15) is 69.5 Å². The van der Waals surface area contributed by atoms with Crippen molar-refractivity contribution in [1.82, 2.24) is 24.7 Å². The first-order chi connectivity index (χ1) is 23.4. The zero-order chi connectivity index (χ0) is 35.3. The number of hydrogen-bond acceptors (Lipinski definition) is 7. The zero-order valence-corrected chi connectivity index (χ0v) is 29.6. The molecule has 2 saturated heterocycles. The fourth-order valence-corrected chi connectivity index (χ4v) is 8.67.